The Balaban J connectivity index is 1.91. The van der Waals surface area contributed by atoms with Crippen LogP contribution in [-0.2, 0) is 0 Å². The van der Waals surface area contributed by atoms with Crippen molar-refractivity contribution in [2.45, 2.75) is 0 Å². The van der Waals surface area contributed by atoms with Gasteiger partial charge in [-0.3, -0.25) is 14.9 Å². The number of nitrogens with zero attached hydrogens (tertiary/aromatic N) is 1. The monoisotopic (exact) mass is 424 g/mol. The van der Waals surface area contributed by atoms with Crippen LogP contribution in [0.4, 0.5) is 11.4 Å². The van der Waals surface area contributed by atoms with Crippen LogP contribution in [0.15, 0.2) is 48.5 Å². The Hall–Kier alpha value is -2.00. The Morgan fingerprint density at radius 2 is 1.95 bits per heavy atom. The van der Waals surface area contributed by atoms with Crippen molar-refractivity contribution < 1.29 is 9.72 Å². The molecule has 0 fully saturated rings. The van der Waals surface area contributed by atoms with E-state index >= 15 is 0 Å². The molecule has 0 saturated heterocycles. The number of para-hydroxylation sites is 1. The molecule has 0 unspecified atom stereocenters. The molecule has 5 nitrogen and oxygen atoms in total. The van der Waals surface area contributed by atoms with Crippen molar-refractivity contribution in [2.75, 3.05) is 5.32 Å². The topological polar surface area (TPSA) is 72.2 Å². The maximum absolute atomic E-state index is 12.3. The summed E-state index contributed by atoms with van der Waals surface area (Å²) in [5, 5.41) is 14.3. The minimum absolute atomic E-state index is 0.0230. The summed E-state index contributed by atoms with van der Waals surface area (Å²) in [6.45, 7) is 0. The normalized spacial score (nSPS) is 10.6. The predicted octanol–water partition coefficient (Wildman–Crippen LogP) is 4.67. The van der Waals surface area contributed by atoms with Crippen molar-refractivity contribution in [3.8, 4) is 0 Å². The molecular formula is C15H9IN2O3S. The van der Waals surface area contributed by atoms with Crippen molar-refractivity contribution in [3.63, 3.8) is 0 Å². The minimum Gasteiger partial charge on any atom is -0.320 e. The third kappa shape index (κ3) is 2.95. The van der Waals surface area contributed by atoms with Crippen LogP contribution >= 0.6 is 33.9 Å². The summed E-state index contributed by atoms with van der Waals surface area (Å²) in [5.74, 6) is -0.215. The molecule has 0 bridgehead atoms. The summed E-state index contributed by atoms with van der Waals surface area (Å²) < 4.78 is 1.80. The molecule has 0 radical (unpaired) electrons. The first-order valence-corrected chi connectivity index (χ1v) is 8.18. The van der Waals surface area contributed by atoms with Gasteiger partial charge >= 0.3 is 0 Å². The summed E-state index contributed by atoms with van der Waals surface area (Å²) in [5.41, 5.74) is 0.770. The van der Waals surface area contributed by atoms with Crippen LogP contribution in [0.5, 0.6) is 0 Å². The number of amides is 1. The number of rotatable bonds is 3. The van der Waals surface area contributed by atoms with E-state index in [0.29, 0.717) is 10.3 Å². The van der Waals surface area contributed by atoms with E-state index in [1.54, 1.807) is 12.1 Å². The third-order valence-electron chi connectivity index (χ3n) is 3.06. The molecule has 0 aliphatic heterocycles. The van der Waals surface area contributed by atoms with Gasteiger partial charge in [0.2, 0.25) is 0 Å². The molecule has 1 amide bonds. The highest BCUT2D eigenvalue weighted by Gasteiger charge is 2.14. The van der Waals surface area contributed by atoms with Crippen molar-refractivity contribution in [3.05, 3.63) is 67.1 Å². The Labute approximate surface area is 143 Å². The molecular weight excluding hydrogens is 415 g/mol. The molecule has 2 aromatic carbocycles. The number of non-ortho nitro benzene ring substituents is 1. The van der Waals surface area contributed by atoms with Gasteiger partial charge in [-0.25, -0.2) is 0 Å². The van der Waals surface area contributed by atoms with Crippen molar-refractivity contribution >= 4 is 61.3 Å². The van der Waals surface area contributed by atoms with Crippen LogP contribution in [-0.4, -0.2) is 10.8 Å². The molecule has 110 valence electrons. The number of halogens is 1. The van der Waals surface area contributed by atoms with Gasteiger partial charge in [-0.2, -0.15) is 0 Å². The molecule has 0 spiro atoms. The number of nitro benzene ring substituents is 1. The van der Waals surface area contributed by atoms with Gasteiger partial charge < -0.3 is 5.32 Å². The maximum atomic E-state index is 12.3. The molecule has 7 heteroatoms. The molecule has 0 saturated carbocycles. The number of hydrogen-bond acceptors (Lipinski definition) is 4. The van der Waals surface area contributed by atoms with Gasteiger partial charge in [0.05, 0.1) is 15.5 Å². The Bertz CT molecular complexity index is 891. The average Bonchev–Trinajstić information content (AvgIpc) is 2.92. The largest absolute Gasteiger partial charge is 0.320 e. The van der Waals surface area contributed by atoms with E-state index in [1.807, 2.05) is 24.3 Å². The third-order valence-corrected chi connectivity index (χ3v) is 5.11. The molecule has 1 aromatic heterocycles. The van der Waals surface area contributed by atoms with E-state index < -0.39 is 4.92 Å². The first kappa shape index (κ1) is 14.9. The molecule has 22 heavy (non-hydrogen) atoms. The van der Waals surface area contributed by atoms with Gasteiger partial charge in [0.25, 0.3) is 11.6 Å². The number of anilines is 1. The second-order valence-corrected chi connectivity index (χ2v) is 6.77. The second kappa shape index (κ2) is 6.01. The molecule has 1 heterocycles. The lowest BCUT2D eigenvalue weighted by Crippen LogP contribution is -2.10. The Morgan fingerprint density at radius 3 is 2.68 bits per heavy atom. The van der Waals surface area contributed by atoms with Crippen LogP contribution in [0.3, 0.4) is 0 Å². The van der Waals surface area contributed by atoms with Crippen molar-refractivity contribution in [1.82, 2.24) is 0 Å². The van der Waals surface area contributed by atoms with E-state index in [9.17, 15) is 14.9 Å². The van der Waals surface area contributed by atoms with E-state index in [4.69, 9.17) is 0 Å². The number of carbonyl (C=O) groups is 1. The number of thiophene rings is 1. The standard InChI is InChI=1S/C15H9IN2O3S/c16-11-3-1-2-4-12(11)17-15(19)14-8-9-7-10(18(20)21)5-6-13(9)22-14/h1-8H,(H,17,19). The van der Waals surface area contributed by atoms with Crippen molar-refractivity contribution in [1.29, 1.82) is 0 Å². The number of hydrogen-bond donors (Lipinski definition) is 1. The van der Waals surface area contributed by atoms with Gasteiger partial charge in [0.1, 0.15) is 0 Å². The molecule has 1 N–H and O–H groups in total. The fraction of sp³-hybridized carbons (Fsp3) is 0. The number of fused-ring (bicyclic) bond motifs is 1. The van der Waals surface area contributed by atoms with Crippen LogP contribution in [0, 0.1) is 13.7 Å². The number of benzene rings is 2. The first-order chi connectivity index (χ1) is 10.5. The number of nitrogens with one attached hydrogen (secondary N) is 1. The minimum atomic E-state index is -0.441. The quantitative estimate of drug-likeness (QED) is 0.378. The summed E-state index contributed by atoms with van der Waals surface area (Å²) >= 11 is 3.47. The van der Waals surface area contributed by atoms with Gasteiger partial charge in [-0.1, -0.05) is 12.1 Å². The lowest BCUT2D eigenvalue weighted by Gasteiger charge is -2.05. The highest BCUT2D eigenvalue weighted by atomic mass is 127. The smallest absolute Gasteiger partial charge is 0.270 e. The summed E-state index contributed by atoms with van der Waals surface area (Å²) in [6, 6.07) is 13.8. The van der Waals surface area contributed by atoms with Crippen LogP contribution < -0.4 is 5.32 Å². The molecule has 0 aliphatic carbocycles. The number of carbonyl (C=O) groups excluding carboxylic acids is 1. The lowest BCUT2D eigenvalue weighted by molar-refractivity contribution is -0.384. The summed E-state index contributed by atoms with van der Waals surface area (Å²) in [7, 11) is 0. The van der Waals surface area contributed by atoms with E-state index in [2.05, 4.69) is 27.9 Å². The van der Waals surface area contributed by atoms with E-state index in [1.165, 1.54) is 23.5 Å². The SMILES string of the molecule is O=C(Nc1ccccc1I)c1cc2cc([N+](=O)[O-])ccc2s1. The highest BCUT2D eigenvalue weighted by Crippen LogP contribution is 2.29. The molecule has 0 atom stereocenters. The lowest BCUT2D eigenvalue weighted by atomic mass is 10.2. The highest BCUT2D eigenvalue weighted by molar-refractivity contribution is 14.1. The van der Waals surface area contributed by atoms with Crippen LogP contribution in [0.25, 0.3) is 10.1 Å². The van der Waals surface area contributed by atoms with Gasteiger partial charge in [-0.15, -0.1) is 11.3 Å². The van der Waals surface area contributed by atoms with Gasteiger partial charge in [-0.05, 0) is 46.9 Å². The van der Waals surface area contributed by atoms with Crippen LogP contribution in [0.1, 0.15) is 9.67 Å². The molecule has 3 rings (SSSR count). The molecule has 3 aromatic rings. The zero-order valence-electron chi connectivity index (χ0n) is 11.1. The number of nitro groups is 1. The van der Waals surface area contributed by atoms with Gasteiger partial charge in [0.15, 0.2) is 0 Å². The maximum Gasteiger partial charge on any atom is 0.270 e. The Kier molecular flexibility index (Phi) is 4.08. The zero-order valence-corrected chi connectivity index (χ0v) is 14.1. The van der Waals surface area contributed by atoms with E-state index in [-0.39, 0.29) is 11.6 Å². The fourth-order valence-corrected chi connectivity index (χ4v) is 3.46. The van der Waals surface area contributed by atoms with E-state index in [0.717, 1.165) is 14.0 Å². The van der Waals surface area contributed by atoms with Crippen molar-refractivity contribution in [2.24, 2.45) is 0 Å². The summed E-state index contributed by atoms with van der Waals surface area (Å²) in [4.78, 5) is 23.2. The average molecular weight is 424 g/mol. The zero-order chi connectivity index (χ0) is 15.7. The van der Waals surface area contributed by atoms with Gasteiger partial charge in [0, 0.05) is 25.8 Å². The Morgan fingerprint density at radius 1 is 1.18 bits per heavy atom. The fourth-order valence-electron chi connectivity index (χ4n) is 2.00. The predicted molar refractivity (Wildman–Crippen MR) is 95.6 cm³/mol. The van der Waals surface area contributed by atoms with Crippen LogP contribution in [0.2, 0.25) is 0 Å². The molecule has 0 aliphatic rings. The first-order valence-electron chi connectivity index (χ1n) is 6.28. The second-order valence-electron chi connectivity index (χ2n) is 4.52. The summed E-state index contributed by atoms with van der Waals surface area (Å²) in [6.07, 6.45) is 0.